The lowest BCUT2D eigenvalue weighted by Crippen LogP contribution is -2.42. The molecule has 0 bridgehead atoms. The van der Waals surface area contributed by atoms with Crippen LogP contribution in [0.5, 0.6) is 11.5 Å². The first-order valence-electron chi connectivity index (χ1n) is 6.19. The number of phenolic OH excluding ortho intramolecular Hbond substituents is 1. The molecule has 18 heavy (non-hydrogen) atoms. The summed E-state index contributed by atoms with van der Waals surface area (Å²) in [5.74, 6) is 0.770. The maximum atomic E-state index is 11.6. The highest BCUT2D eigenvalue weighted by Gasteiger charge is 2.27. The summed E-state index contributed by atoms with van der Waals surface area (Å²) in [5, 5.41) is 13.2. The lowest BCUT2D eigenvalue weighted by Gasteiger charge is -2.27. The molecule has 0 spiro atoms. The van der Waals surface area contributed by atoms with Crippen LogP contribution < -0.4 is 10.1 Å². The summed E-state index contributed by atoms with van der Waals surface area (Å²) < 4.78 is 5.41. The normalized spacial score (nSPS) is 19.7. The number of nitrogens with one attached hydrogen (secondary N) is 1. The van der Waals surface area contributed by atoms with Gasteiger partial charge < -0.3 is 15.2 Å². The van der Waals surface area contributed by atoms with Gasteiger partial charge in [-0.3, -0.25) is 9.69 Å². The Hall–Kier alpha value is -1.59. The van der Waals surface area contributed by atoms with Crippen LogP contribution in [0.25, 0.3) is 0 Å². The van der Waals surface area contributed by atoms with Crippen molar-refractivity contribution >= 4 is 5.78 Å². The van der Waals surface area contributed by atoms with Crippen LogP contribution in [0.4, 0.5) is 0 Å². The minimum Gasteiger partial charge on any atom is -0.507 e. The quantitative estimate of drug-likeness (QED) is 0.792. The van der Waals surface area contributed by atoms with E-state index in [0.717, 1.165) is 31.7 Å². The molecular formula is C13H16N2O3. The Morgan fingerprint density at radius 3 is 2.89 bits per heavy atom. The van der Waals surface area contributed by atoms with Crippen LogP contribution in [-0.4, -0.2) is 48.6 Å². The molecule has 0 unspecified atom stereocenters. The highest BCUT2D eigenvalue weighted by atomic mass is 16.5. The van der Waals surface area contributed by atoms with Crippen LogP contribution in [-0.2, 0) is 6.54 Å². The molecule has 2 N–H and O–H groups in total. The fourth-order valence-electron chi connectivity index (χ4n) is 2.46. The molecule has 0 radical (unpaired) electrons. The van der Waals surface area contributed by atoms with Crippen LogP contribution in [0, 0.1) is 0 Å². The molecule has 1 fully saturated rings. The molecule has 96 valence electrons. The fraction of sp³-hybridized carbons (Fsp3) is 0.462. The van der Waals surface area contributed by atoms with Gasteiger partial charge in [-0.25, -0.2) is 0 Å². The van der Waals surface area contributed by atoms with E-state index in [9.17, 15) is 9.90 Å². The summed E-state index contributed by atoms with van der Waals surface area (Å²) >= 11 is 0. The van der Waals surface area contributed by atoms with Gasteiger partial charge in [0.05, 0.1) is 11.1 Å². The Morgan fingerprint density at radius 2 is 2.11 bits per heavy atom. The highest BCUT2D eigenvalue weighted by molar-refractivity contribution is 6.02. The molecule has 5 nitrogen and oxygen atoms in total. The molecule has 0 saturated carbocycles. The van der Waals surface area contributed by atoms with Gasteiger partial charge >= 0.3 is 0 Å². The van der Waals surface area contributed by atoms with Crippen molar-refractivity contribution in [2.24, 2.45) is 0 Å². The smallest absolute Gasteiger partial charge is 0.203 e. The van der Waals surface area contributed by atoms with E-state index in [0.29, 0.717) is 17.9 Å². The zero-order chi connectivity index (χ0) is 12.5. The first kappa shape index (κ1) is 11.5. The van der Waals surface area contributed by atoms with Crippen LogP contribution in [0.15, 0.2) is 12.1 Å². The summed E-state index contributed by atoms with van der Waals surface area (Å²) in [7, 11) is 0. The minimum atomic E-state index is -0.00781. The van der Waals surface area contributed by atoms with E-state index < -0.39 is 0 Å². The van der Waals surface area contributed by atoms with Gasteiger partial charge in [0.2, 0.25) is 5.78 Å². The molecule has 3 rings (SSSR count). The third kappa shape index (κ3) is 1.95. The van der Waals surface area contributed by atoms with E-state index in [2.05, 4.69) is 10.2 Å². The van der Waals surface area contributed by atoms with Crippen molar-refractivity contribution in [3.05, 3.63) is 23.3 Å². The Balaban J connectivity index is 1.89. The molecule has 2 aliphatic heterocycles. The van der Waals surface area contributed by atoms with Gasteiger partial charge in [0.1, 0.15) is 11.5 Å². The molecule has 0 atom stereocenters. The number of hydrogen-bond donors (Lipinski definition) is 2. The monoisotopic (exact) mass is 248 g/mol. The number of hydrogen-bond acceptors (Lipinski definition) is 5. The second-order valence-electron chi connectivity index (χ2n) is 4.68. The van der Waals surface area contributed by atoms with E-state index in [1.54, 1.807) is 12.1 Å². The van der Waals surface area contributed by atoms with Crippen LogP contribution in [0.3, 0.4) is 0 Å². The molecule has 0 aromatic heterocycles. The number of piperazine rings is 1. The molecule has 2 heterocycles. The zero-order valence-corrected chi connectivity index (χ0v) is 10.1. The Morgan fingerprint density at radius 1 is 1.33 bits per heavy atom. The Labute approximate surface area is 105 Å². The predicted octanol–water partition coefficient (Wildman–Crippen LogP) is 0.372. The lowest BCUT2D eigenvalue weighted by molar-refractivity contribution is 0.0960. The van der Waals surface area contributed by atoms with Crippen molar-refractivity contribution in [2.45, 2.75) is 6.54 Å². The maximum Gasteiger partial charge on any atom is 0.203 e. The molecule has 1 saturated heterocycles. The van der Waals surface area contributed by atoms with E-state index in [1.165, 1.54) is 0 Å². The average molecular weight is 248 g/mol. The third-order valence-electron chi connectivity index (χ3n) is 3.48. The van der Waals surface area contributed by atoms with Crippen molar-refractivity contribution in [1.29, 1.82) is 0 Å². The van der Waals surface area contributed by atoms with Gasteiger partial charge in [0, 0.05) is 32.7 Å². The fourth-order valence-corrected chi connectivity index (χ4v) is 2.46. The van der Waals surface area contributed by atoms with Crippen molar-refractivity contribution in [3.8, 4) is 11.5 Å². The van der Waals surface area contributed by atoms with Crippen LogP contribution in [0.2, 0.25) is 0 Å². The molecule has 1 aromatic rings. The second-order valence-corrected chi connectivity index (χ2v) is 4.68. The summed E-state index contributed by atoms with van der Waals surface area (Å²) in [4.78, 5) is 13.8. The van der Waals surface area contributed by atoms with E-state index in [4.69, 9.17) is 4.74 Å². The van der Waals surface area contributed by atoms with E-state index in [-0.39, 0.29) is 18.1 Å². The van der Waals surface area contributed by atoms with Gasteiger partial charge in [-0.2, -0.15) is 0 Å². The predicted molar refractivity (Wildman–Crippen MR) is 66.1 cm³/mol. The second kappa shape index (κ2) is 4.59. The number of carbonyl (C=O) groups is 1. The van der Waals surface area contributed by atoms with Crippen molar-refractivity contribution in [1.82, 2.24) is 10.2 Å². The number of benzene rings is 1. The van der Waals surface area contributed by atoms with Gasteiger partial charge in [0.15, 0.2) is 6.61 Å². The number of phenols is 1. The summed E-state index contributed by atoms with van der Waals surface area (Å²) in [6.45, 7) is 4.51. The largest absolute Gasteiger partial charge is 0.507 e. The van der Waals surface area contributed by atoms with E-state index in [1.807, 2.05) is 0 Å². The maximum absolute atomic E-state index is 11.6. The summed E-state index contributed by atoms with van der Waals surface area (Å²) in [6, 6.07) is 3.23. The molecule has 0 aliphatic carbocycles. The van der Waals surface area contributed by atoms with E-state index >= 15 is 0 Å². The van der Waals surface area contributed by atoms with Gasteiger partial charge in [-0.05, 0) is 12.1 Å². The van der Waals surface area contributed by atoms with Crippen molar-refractivity contribution < 1.29 is 14.6 Å². The summed E-state index contributed by atoms with van der Waals surface area (Å²) in [6.07, 6.45) is 0. The molecule has 2 aliphatic rings. The third-order valence-corrected chi connectivity index (χ3v) is 3.48. The number of carbonyl (C=O) groups excluding carboxylic acids is 1. The van der Waals surface area contributed by atoms with Gasteiger partial charge in [-0.15, -0.1) is 0 Å². The van der Waals surface area contributed by atoms with Crippen molar-refractivity contribution in [3.63, 3.8) is 0 Å². The van der Waals surface area contributed by atoms with Crippen molar-refractivity contribution in [2.75, 3.05) is 32.8 Å². The topological polar surface area (TPSA) is 61.8 Å². The number of nitrogens with zero attached hydrogens (tertiary/aromatic N) is 1. The average Bonchev–Trinajstić information content (AvgIpc) is 2.76. The molecule has 0 amide bonds. The Bertz CT molecular complexity index is 481. The lowest BCUT2D eigenvalue weighted by atomic mass is 10.1. The Kier molecular flexibility index (Phi) is 2.93. The number of fused-ring (bicyclic) bond motifs is 1. The SMILES string of the molecule is O=C1COc2c1ccc(O)c2CN1CCNCC1. The number of ether oxygens (including phenoxy) is 1. The minimum absolute atomic E-state index is 0.00781. The number of ketones is 1. The van der Waals surface area contributed by atoms with Gasteiger partial charge in [-0.1, -0.05) is 0 Å². The first-order chi connectivity index (χ1) is 8.75. The standard InChI is InChI=1S/C13H16N2O3/c16-11-2-1-9-12(17)8-18-13(9)10(11)7-15-5-3-14-4-6-15/h1-2,14,16H,3-8H2. The number of Topliss-reactive ketones (excluding diaryl/α,β-unsaturated/α-hetero) is 1. The van der Waals surface area contributed by atoms with Crippen LogP contribution >= 0.6 is 0 Å². The van der Waals surface area contributed by atoms with Gasteiger partial charge in [0.25, 0.3) is 0 Å². The summed E-state index contributed by atoms with van der Waals surface area (Å²) in [5.41, 5.74) is 1.33. The highest BCUT2D eigenvalue weighted by Crippen LogP contribution is 2.36. The number of aromatic hydroxyl groups is 1. The molecule has 1 aromatic carbocycles. The zero-order valence-electron chi connectivity index (χ0n) is 10.1. The molecular weight excluding hydrogens is 232 g/mol. The van der Waals surface area contributed by atoms with Crippen LogP contribution in [0.1, 0.15) is 15.9 Å². The molecule has 5 heteroatoms. The number of rotatable bonds is 2. The first-order valence-corrected chi connectivity index (χ1v) is 6.19.